The molecular formula is C14H28N2O2. The van der Waals surface area contributed by atoms with Gasteiger partial charge in [0, 0.05) is 37.9 Å². The molecule has 2 fully saturated rings. The first-order valence-corrected chi connectivity index (χ1v) is 7.42. The van der Waals surface area contributed by atoms with E-state index in [1.807, 2.05) is 13.8 Å². The second-order valence-corrected chi connectivity index (χ2v) is 5.54. The first kappa shape index (κ1) is 14.3. The van der Waals surface area contributed by atoms with Gasteiger partial charge < -0.3 is 14.8 Å². The standard InChI is InChI=1S/C14H28N2O2/c1-4-17-14(18-5-2)10-16(3)13-8-11-6-7-12(9-13)15-11/h11-15H,4-10H2,1-3H3. The predicted octanol–water partition coefficient (Wildman–Crippen LogP) is 1.60. The van der Waals surface area contributed by atoms with Crippen LogP contribution in [0.25, 0.3) is 0 Å². The van der Waals surface area contributed by atoms with Crippen molar-refractivity contribution < 1.29 is 9.47 Å². The number of hydrogen-bond donors (Lipinski definition) is 1. The van der Waals surface area contributed by atoms with Crippen molar-refractivity contribution in [3.8, 4) is 0 Å². The van der Waals surface area contributed by atoms with E-state index >= 15 is 0 Å². The minimum Gasteiger partial charge on any atom is -0.352 e. The van der Waals surface area contributed by atoms with E-state index in [9.17, 15) is 0 Å². The van der Waals surface area contributed by atoms with Crippen LogP contribution in [0.3, 0.4) is 0 Å². The molecule has 0 aromatic heterocycles. The number of likely N-dealkylation sites (N-methyl/N-ethyl adjacent to an activating group) is 1. The lowest BCUT2D eigenvalue weighted by atomic mass is 9.98. The molecule has 2 bridgehead atoms. The minimum atomic E-state index is -0.0717. The van der Waals surface area contributed by atoms with Crippen molar-refractivity contribution >= 4 is 0 Å². The van der Waals surface area contributed by atoms with Gasteiger partial charge in [-0.15, -0.1) is 0 Å². The number of nitrogens with one attached hydrogen (secondary N) is 1. The molecule has 4 nitrogen and oxygen atoms in total. The van der Waals surface area contributed by atoms with Crippen LogP contribution >= 0.6 is 0 Å². The largest absolute Gasteiger partial charge is 0.352 e. The van der Waals surface area contributed by atoms with E-state index in [0.717, 1.165) is 31.8 Å². The maximum absolute atomic E-state index is 5.63. The monoisotopic (exact) mass is 256 g/mol. The highest BCUT2D eigenvalue weighted by Crippen LogP contribution is 2.29. The summed E-state index contributed by atoms with van der Waals surface area (Å²) in [5.41, 5.74) is 0. The van der Waals surface area contributed by atoms with Crippen molar-refractivity contribution in [2.24, 2.45) is 0 Å². The summed E-state index contributed by atoms with van der Waals surface area (Å²) < 4.78 is 11.3. The topological polar surface area (TPSA) is 33.7 Å². The molecule has 0 saturated carbocycles. The molecule has 2 unspecified atom stereocenters. The zero-order chi connectivity index (χ0) is 13.0. The van der Waals surface area contributed by atoms with E-state index in [0.29, 0.717) is 6.04 Å². The summed E-state index contributed by atoms with van der Waals surface area (Å²) >= 11 is 0. The number of ether oxygens (including phenoxy) is 2. The van der Waals surface area contributed by atoms with E-state index < -0.39 is 0 Å². The van der Waals surface area contributed by atoms with Crippen molar-refractivity contribution in [2.45, 2.75) is 63.9 Å². The van der Waals surface area contributed by atoms with E-state index in [-0.39, 0.29) is 6.29 Å². The van der Waals surface area contributed by atoms with Gasteiger partial charge in [-0.05, 0) is 46.6 Å². The Morgan fingerprint density at radius 1 is 1.11 bits per heavy atom. The Kier molecular flexibility index (Phi) is 5.42. The van der Waals surface area contributed by atoms with Crippen molar-refractivity contribution in [1.82, 2.24) is 10.2 Å². The Morgan fingerprint density at radius 2 is 1.67 bits per heavy atom. The zero-order valence-electron chi connectivity index (χ0n) is 12.0. The lowest BCUT2D eigenvalue weighted by molar-refractivity contribution is -0.149. The molecule has 0 spiro atoms. The minimum absolute atomic E-state index is 0.0717. The van der Waals surface area contributed by atoms with Gasteiger partial charge in [-0.25, -0.2) is 0 Å². The molecule has 0 radical (unpaired) electrons. The molecule has 1 N–H and O–H groups in total. The first-order chi connectivity index (χ1) is 8.72. The molecular weight excluding hydrogens is 228 g/mol. The second kappa shape index (κ2) is 6.85. The Hall–Kier alpha value is -0.160. The molecule has 18 heavy (non-hydrogen) atoms. The van der Waals surface area contributed by atoms with Gasteiger partial charge >= 0.3 is 0 Å². The van der Waals surface area contributed by atoms with Crippen LogP contribution in [0, 0.1) is 0 Å². The number of hydrogen-bond acceptors (Lipinski definition) is 4. The molecule has 2 rings (SSSR count). The lowest BCUT2D eigenvalue weighted by Crippen LogP contribution is -2.49. The molecule has 0 aliphatic carbocycles. The molecule has 2 atom stereocenters. The van der Waals surface area contributed by atoms with Crippen LogP contribution in [0.2, 0.25) is 0 Å². The van der Waals surface area contributed by atoms with Crippen LogP contribution in [0.5, 0.6) is 0 Å². The van der Waals surface area contributed by atoms with Gasteiger partial charge in [-0.2, -0.15) is 0 Å². The molecule has 2 aliphatic heterocycles. The first-order valence-electron chi connectivity index (χ1n) is 7.42. The van der Waals surface area contributed by atoms with Crippen molar-refractivity contribution in [1.29, 1.82) is 0 Å². The third kappa shape index (κ3) is 3.67. The Morgan fingerprint density at radius 3 is 2.17 bits per heavy atom. The van der Waals surface area contributed by atoms with Gasteiger partial charge in [-0.3, -0.25) is 4.90 Å². The quantitative estimate of drug-likeness (QED) is 0.702. The van der Waals surface area contributed by atoms with Gasteiger partial charge in [0.25, 0.3) is 0 Å². The van der Waals surface area contributed by atoms with Crippen LogP contribution in [0.15, 0.2) is 0 Å². The van der Waals surface area contributed by atoms with Gasteiger partial charge in [0.15, 0.2) is 6.29 Å². The van der Waals surface area contributed by atoms with Crippen molar-refractivity contribution in [2.75, 3.05) is 26.8 Å². The third-order valence-electron chi connectivity index (χ3n) is 4.21. The summed E-state index contributed by atoms with van der Waals surface area (Å²) in [5, 5.41) is 3.69. The summed E-state index contributed by atoms with van der Waals surface area (Å²) in [4.78, 5) is 2.43. The Balaban J connectivity index is 1.80. The molecule has 4 heteroatoms. The maximum atomic E-state index is 5.63. The highest BCUT2D eigenvalue weighted by Gasteiger charge is 2.35. The summed E-state index contributed by atoms with van der Waals surface area (Å²) in [6, 6.07) is 2.18. The predicted molar refractivity (Wildman–Crippen MR) is 72.6 cm³/mol. The molecule has 2 aliphatic rings. The summed E-state index contributed by atoms with van der Waals surface area (Å²) in [6.45, 7) is 6.37. The second-order valence-electron chi connectivity index (χ2n) is 5.54. The van der Waals surface area contributed by atoms with E-state index in [2.05, 4.69) is 17.3 Å². The summed E-state index contributed by atoms with van der Waals surface area (Å²) in [7, 11) is 2.21. The van der Waals surface area contributed by atoms with Crippen LogP contribution < -0.4 is 5.32 Å². The van der Waals surface area contributed by atoms with Crippen LogP contribution in [0.4, 0.5) is 0 Å². The highest BCUT2D eigenvalue weighted by molar-refractivity contribution is 4.95. The summed E-state index contributed by atoms with van der Waals surface area (Å²) in [5.74, 6) is 0. The van der Waals surface area contributed by atoms with Gasteiger partial charge in [0.1, 0.15) is 0 Å². The molecule has 0 aromatic rings. The smallest absolute Gasteiger partial charge is 0.170 e. The normalized spacial score (nSPS) is 31.5. The number of nitrogens with zero attached hydrogens (tertiary/aromatic N) is 1. The summed E-state index contributed by atoms with van der Waals surface area (Å²) in [6.07, 6.45) is 5.19. The fourth-order valence-corrected chi connectivity index (χ4v) is 3.30. The van der Waals surface area contributed by atoms with Gasteiger partial charge in [-0.1, -0.05) is 0 Å². The van der Waals surface area contributed by atoms with Crippen molar-refractivity contribution in [3.05, 3.63) is 0 Å². The molecule has 0 amide bonds. The third-order valence-corrected chi connectivity index (χ3v) is 4.21. The molecule has 106 valence electrons. The average molecular weight is 256 g/mol. The molecule has 0 aromatic carbocycles. The van der Waals surface area contributed by atoms with Gasteiger partial charge in [0.2, 0.25) is 0 Å². The van der Waals surface area contributed by atoms with E-state index in [4.69, 9.17) is 9.47 Å². The van der Waals surface area contributed by atoms with Crippen molar-refractivity contribution in [3.63, 3.8) is 0 Å². The average Bonchev–Trinajstić information content (AvgIpc) is 2.69. The maximum Gasteiger partial charge on any atom is 0.170 e. The fraction of sp³-hybridized carbons (Fsp3) is 1.00. The Bertz CT molecular complexity index is 232. The molecule has 2 heterocycles. The van der Waals surface area contributed by atoms with Crippen LogP contribution in [0.1, 0.15) is 39.5 Å². The number of piperidine rings is 1. The lowest BCUT2D eigenvalue weighted by Gasteiger charge is -2.36. The fourth-order valence-electron chi connectivity index (χ4n) is 3.30. The Labute approximate surface area is 111 Å². The SMILES string of the molecule is CCOC(CN(C)C1CC2CCC(C1)N2)OCC. The van der Waals surface area contributed by atoms with Crippen LogP contribution in [-0.2, 0) is 9.47 Å². The zero-order valence-corrected chi connectivity index (χ0v) is 12.0. The molecule has 2 saturated heterocycles. The number of rotatable bonds is 7. The number of fused-ring (bicyclic) bond motifs is 2. The highest BCUT2D eigenvalue weighted by atomic mass is 16.7. The van der Waals surface area contributed by atoms with E-state index in [1.165, 1.54) is 25.7 Å². The van der Waals surface area contributed by atoms with Crippen LogP contribution in [-0.4, -0.2) is 56.1 Å². The van der Waals surface area contributed by atoms with E-state index in [1.54, 1.807) is 0 Å². The van der Waals surface area contributed by atoms with Gasteiger partial charge in [0.05, 0.1) is 0 Å².